The Morgan fingerprint density at radius 2 is 1.79 bits per heavy atom. The third-order valence-corrected chi connectivity index (χ3v) is 8.68. The van der Waals surface area contributed by atoms with Crippen molar-refractivity contribution in [1.82, 2.24) is 10.2 Å². The number of aliphatic hydroxyl groups excluding tert-OH is 1. The topological polar surface area (TPSA) is 35.5 Å². The normalized spacial score (nSPS) is 35.9. The van der Waals surface area contributed by atoms with Gasteiger partial charge >= 0.3 is 0 Å². The average Bonchev–Trinajstić information content (AvgIpc) is 2.73. The van der Waals surface area contributed by atoms with Gasteiger partial charge in [0.2, 0.25) is 0 Å². The van der Waals surface area contributed by atoms with E-state index in [1.165, 1.54) is 38.8 Å². The third-order valence-electron chi connectivity index (χ3n) is 7.74. The Morgan fingerprint density at radius 3 is 2.41 bits per heavy atom. The molecule has 1 saturated carbocycles. The molecule has 1 saturated heterocycles. The van der Waals surface area contributed by atoms with E-state index in [0.717, 1.165) is 44.2 Å². The number of rotatable bonds is 8. The van der Waals surface area contributed by atoms with E-state index < -0.39 is 0 Å². The lowest BCUT2D eigenvalue weighted by Crippen LogP contribution is -2.48. The summed E-state index contributed by atoms with van der Waals surface area (Å²) < 4.78 is 0. The van der Waals surface area contributed by atoms with E-state index in [1.807, 2.05) is 0 Å². The first kappa shape index (κ1) is 23.9. The molecule has 0 aromatic carbocycles. The van der Waals surface area contributed by atoms with E-state index in [-0.39, 0.29) is 23.3 Å². The Kier molecular flexibility index (Phi) is 9.64. The van der Waals surface area contributed by atoms with Gasteiger partial charge in [-0.25, -0.2) is 0 Å². The fraction of sp³-hybridized carbons (Fsp3) is 0.917. The van der Waals surface area contributed by atoms with Crippen molar-refractivity contribution < 1.29 is 5.11 Å². The standard InChI is InChI=1S/C24H42Cl2N2O/c1-17(2)24(27-14-18-3-8-23(26)21(13-18)16-29)15-28-11-9-20(10-12-28)19-4-6-22(25)7-5-19/h4,6,17-24,27,29H,3,5,7-16H2,1-2H3/t18?,19?,21?,22?,23?,24-/m0/s1. The lowest BCUT2D eigenvalue weighted by atomic mass is 9.79. The molecule has 0 amide bonds. The summed E-state index contributed by atoms with van der Waals surface area (Å²) in [5.74, 6) is 3.16. The van der Waals surface area contributed by atoms with E-state index >= 15 is 0 Å². The second-order valence-corrected chi connectivity index (χ2v) is 11.3. The molecule has 0 spiro atoms. The molecule has 0 radical (unpaired) electrons. The second-order valence-electron chi connectivity index (χ2n) is 10.2. The summed E-state index contributed by atoms with van der Waals surface area (Å²) in [6.07, 6.45) is 13.0. The van der Waals surface area contributed by atoms with Crippen molar-refractivity contribution in [2.45, 2.75) is 75.6 Å². The molecule has 2 aliphatic carbocycles. The number of nitrogens with one attached hydrogen (secondary N) is 1. The van der Waals surface area contributed by atoms with Crippen molar-refractivity contribution in [3.05, 3.63) is 12.2 Å². The fourth-order valence-corrected chi connectivity index (χ4v) is 6.09. The van der Waals surface area contributed by atoms with Gasteiger partial charge in [0.05, 0.1) is 5.38 Å². The monoisotopic (exact) mass is 444 g/mol. The molecule has 1 aliphatic heterocycles. The quantitative estimate of drug-likeness (QED) is 0.412. The van der Waals surface area contributed by atoms with Gasteiger partial charge in [-0.15, -0.1) is 23.2 Å². The number of allylic oxidation sites excluding steroid dienone is 2. The molecule has 3 rings (SSSR count). The molecule has 0 bridgehead atoms. The number of halogens is 2. The van der Waals surface area contributed by atoms with Gasteiger partial charge in [-0.2, -0.15) is 0 Å². The van der Waals surface area contributed by atoms with Gasteiger partial charge in [-0.3, -0.25) is 0 Å². The van der Waals surface area contributed by atoms with Crippen molar-refractivity contribution >= 4 is 23.2 Å². The van der Waals surface area contributed by atoms with Gasteiger partial charge in [-0.05, 0) is 94.2 Å². The summed E-state index contributed by atoms with van der Waals surface area (Å²) in [6.45, 7) is 9.59. The molecular formula is C24H42Cl2N2O. The smallest absolute Gasteiger partial charge is 0.0516 e. The zero-order chi connectivity index (χ0) is 20.8. The Labute approximate surface area is 188 Å². The van der Waals surface area contributed by atoms with Crippen LogP contribution in [0.15, 0.2) is 12.2 Å². The predicted octanol–water partition coefficient (Wildman–Crippen LogP) is 4.90. The highest BCUT2D eigenvalue weighted by Gasteiger charge is 2.31. The maximum atomic E-state index is 9.57. The molecule has 5 heteroatoms. The van der Waals surface area contributed by atoms with Crippen LogP contribution in [0.4, 0.5) is 0 Å². The Bertz CT molecular complexity index is 507. The van der Waals surface area contributed by atoms with E-state index in [0.29, 0.717) is 17.9 Å². The molecule has 29 heavy (non-hydrogen) atoms. The minimum atomic E-state index is 0.160. The summed E-state index contributed by atoms with van der Waals surface area (Å²) in [4.78, 5) is 2.68. The van der Waals surface area contributed by atoms with Crippen LogP contribution >= 0.6 is 23.2 Å². The fourth-order valence-electron chi connectivity index (χ4n) is 5.57. The number of nitrogens with zero attached hydrogens (tertiary/aromatic N) is 1. The Morgan fingerprint density at radius 1 is 1.03 bits per heavy atom. The van der Waals surface area contributed by atoms with Crippen molar-refractivity contribution in [1.29, 1.82) is 0 Å². The number of piperidine rings is 1. The second kappa shape index (κ2) is 11.7. The van der Waals surface area contributed by atoms with Gasteiger partial charge in [0.15, 0.2) is 0 Å². The molecule has 3 nitrogen and oxygen atoms in total. The van der Waals surface area contributed by atoms with Crippen LogP contribution < -0.4 is 5.32 Å². The molecule has 1 heterocycles. The SMILES string of the molecule is CC(C)[C@H](CN1CCC(C2C=CC(Cl)CC2)CC1)NCC1CCC(Cl)C(CO)C1. The number of hydrogen-bond acceptors (Lipinski definition) is 3. The summed E-state index contributed by atoms with van der Waals surface area (Å²) in [5, 5.41) is 13.9. The minimum Gasteiger partial charge on any atom is -0.396 e. The number of hydrogen-bond donors (Lipinski definition) is 2. The first-order valence-corrected chi connectivity index (χ1v) is 12.9. The van der Waals surface area contributed by atoms with Crippen LogP contribution in [-0.4, -0.2) is 59.6 Å². The largest absolute Gasteiger partial charge is 0.396 e. The van der Waals surface area contributed by atoms with Crippen LogP contribution in [0, 0.1) is 29.6 Å². The maximum Gasteiger partial charge on any atom is 0.0516 e. The molecule has 0 aromatic heterocycles. The molecule has 6 atom stereocenters. The predicted molar refractivity (Wildman–Crippen MR) is 125 cm³/mol. The Balaban J connectivity index is 1.41. The molecule has 0 aromatic rings. The molecular weight excluding hydrogens is 403 g/mol. The lowest BCUT2D eigenvalue weighted by molar-refractivity contribution is 0.128. The zero-order valence-corrected chi connectivity index (χ0v) is 19.9. The summed E-state index contributed by atoms with van der Waals surface area (Å²) >= 11 is 12.6. The van der Waals surface area contributed by atoms with Crippen LogP contribution in [0.1, 0.15) is 58.8 Å². The van der Waals surface area contributed by atoms with Gasteiger partial charge in [-0.1, -0.05) is 26.0 Å². The minimum absolute atomic E-state index is 0.160. The summed E-state index contributed by atoms with van der Waals surface area (Å²) in [5.41, 5.74) is 0. The zero-order valence-electron chi connectivity index (χ0n) is 18.4. The average molecular weight is 446 g/mol. The van der Waals surface area contributed by atoms with Crippen molar-refractivity contribution in [2.75, 3.05) is 32.8 Å². The van der Waals surface area contributed by atoms with Crippen LogP contribution in [0.3, 0.4) is 0 Å². The molecule has 2 fully saturated rings. The van der Waals surface area contributed by atoms with E-state index in [2.05, 4.69) is 36.2 Å². The number of aliphatic hydroxyl groups is 1. The highest BCUT2D eigenvalue weighted by molar-refractivity contribution is 6.21. The van der Waals surface area contributed by atoms with Crippen LogP contribution in [0.2, 0.25) is 0 Å². The van der Waals surface area contributed by atoms with Crippen LogP contribution in [-0.2, 0) is 0 Å². The molecule has 5 unspecified atom stereocenters. The van der Waals surface area contributed by atoms with Gasteiger partial charge in [0, 0.05) is 24.6 Å². The first-order valence-electron chi connectivity index (χ1n) is 12.0. The van der Waals surface area contributed by atoms with Gasteiger partial charge in [0.25, 0.3) is 0 Å². The highest BCUT2D eigenvalue weighted by atomic mass is 35.5. The van der Waals surface area contributed by atoms with Crippen molar-refractivity contribution in [2.24, 2.45) is 29.6 Å². The van der Waals surface area contributed by atoms with Gasteiger partial charge < -0.3 is 15.3 Å². The van der Waals surface area contributed by atoms with Crippen molar-refractivity contribution in [3.63, 3.8) is 0 Å². The van der Waals surface area contributed by atoms with E-state index in [9.17, 15) is 5.11 Å². The Hall–Kier alpha value is 0.200. The first-order chi connectivity index (χ1) is 14.0. The van der Waals surface area contributed by atoms with Crippen LogP contribution in [0.25, 0.3) is 0 Å². The van der Waals surface area contributed by atoms with Crippen molar-refractivity contribution in [3.8, 4) is 0 Å². The number of alkyl halides is 2. The molecule has 3 aliphatic rings. The lowest BCUT2D eigenvalue weighted by Gasteiger charge is -2.39. The van der Waals surface area contributed by atoms with Gasteiger partial charge in [0.1, 0.15) is 0 Å². The number of likely N-dealkylation sites (tertiary alicyclic amines) is 1. The van der Waals surface area contributed by atoms with E-state index in [4.69, 9.17) is 23.2 Å². The van der Waals surface area contributed by atoms with Crippen LogP contribution in [0.5, 0.6) is 0 Å². The summed E-state index contributed by atoms with van der Waals surface area (Å²) in [6, 6.07) is 0.541. The molecule has 2 N–H and O–H groups in total. The molecule has 168 valence electrons. The highest BCUT2D eigenvalue weighted by Crippen LogP contribution is 2.34. The van der Waals surface area contributed by atoms with E-state index in [1.54, 1.807) is 0 Å². The third kappa shape index (κ3) is 7.10. The maximum absolute atomic E-state index is 9.57. The summed E-state index contributed by atoms with van der Waals surface area (Å²) in [7, 11) is 0.